The Hall–Kier alpha value is -3.09. The highest BCUT2D eigenvalue weighted by atomic mass is 16.6. The molecule has 0 aliphatic heterocycles. The van der Waals surface area contributed by atoms with Gasteiger partial charge in [0.2, 0.25) is 0 Å². The first kappa shape index (κ1) is 11.7. The molecule has 7 heteroatoms. The number of carbonyl (C=O) groups excluding carboxylic acids is 1. The zero-order valence-corrected chi connectivity index (χ0v) is 11.0. The standard InChI is InChI=1S/C14H9N5O2/c1-8(20)9-2-4-10(5-3-9)19-15-11-6-7-12-14(13(11)16-19)18-21-17-12/h2-7H,1H3. The van der Waals surface area contributed by atoms with Crippen molar-refractivity contribution in [1.82, 2.24) is 25.3 Å². The molecule has 0 aliphatic rings. The van der Waals surface area contributed by atoms with Gasteiger partial charge in [-0.15, -0.1) is 10.2 Å². The summed E-state index contributed by atoms with van der Waals surface area (Å²) in [5, 5.41) is 16.4. The van der Waals surface area contributed by atoms with E-state index in [0.29, 0.717) is 27.6 Å². The monoisotopic (exact) mass is 279 g/mol. The molecule has 0 saturated heterocycles. The molecule has 102 valence electrons. The highest BCUT2D eigenvalue weighted by Crippen LogP contribution is 2.20. The third-order valence-electron chi connectivity index (χ3n) is 3.28. The summed E-state index contributed by atoms with van der Waals surface area (Å²) in [6.07, 6.45) is 0. The number of carbonyl (C=O) groups is 1. The van der Waals surface area contributed by atoms with Crippen LogP contribution in [0.4, 0.5) is 0 Å². The first-order valence-electron chi connectivity index (χ1n) is 6.32. The molecule has 21 heavy (non-hydrogen) atoms. The minimum absolute atomic E-state index is 0.0236. The third kappa shape index (κ3) is 1.78. The first-order chi connectivity index (χ1) is 10.2. The van der Waals surface area contributed by atoms with Crippen LogP contribution in [0, 0.1) is 0 Å². The van der Waals surface area contributed by atoms with E-state index < -0.39 is 0 Å². The topological polar surface area (TPSA) is 86.7 Å². The Bertz CT molecular complexity index is 968. The summed E-state index contributed by atoms with van der Waals surface area (Å²) in [7, 11) is 0. The van der Waals surface area contributed by atoms with Gasteiger partial charge in [-0.1, -0.05) is 0 Å². The minimum atomic E-state index is 0.0236. The highest BCUT2D eigenvalue weighted by molar-refractivity contribution is 5.99. The van der Waals surface area contributed by atoms with Gasteiger partial charge in [-0.2, -0.15) is 4.80 Å². The second-order valence-electron chi connectivity index (χ2n) is 4.66. The van der Waals surface area contributed by atoms with E-state index in [1.54, 1.807) is 30.3 Å². The van der Waals surface area contributed by atoms with Crippen LogP contribution >= 0.6 is 0 Å². The Morgan fingerprint density at radius 3 is 2.48 bits per heavy atom. The van der Waals surface area contributed by atoms with Gasteiger partial charge >= 0.3 is 0 Å². The number of rotatable bonds is 2. The van der Waals surface area contributed by atoms with Crippen molar-refractivity contribution < 1.29 is 9.42 Å². The molecule has 0 atom stereocenters. The molecule has 2 heterocycles. The summed E-state index contributed by atoms with van der Waals surface area (Å²) in [4.78, 5) is 12.8. The van der Waals surface area contributed by atoms with Crippen molar-refractivity contribution in [2.24, 2.45) is 0 Å². The number of hydrogen-bond acceptors (Lipinski definition) is 6. The third-order valence-corrected chi connectivity index (χ3v) is 3.28. The zero-order valence-electron chi connectivity index (χ0n) is 11.0. The highest BCUT2D eigenvalue weighted by Gasteiger charge is 2.12. The van der Waals surface area contributed by atoms with Crippen LogP contribution in [0.1, 0.15) is 17.3 Å². The number of hydrogen-bond donors (Lipinski definition) is 0. The van der Waals surface area contributed by atoms with Gasteiger partial charge in [0.1, 0.15) is 16.6 Å². The van der Waals surface area contributed by atoms with Crippen molar-refractivity contribution >= 4 is 27.9 Å². The molecule has 2 aromatic carbocycles. The van der Waals surface area contributed by atoms with Gasteiger partial charge in [0.05, 0.1) is 5.69 Å². The summed E-state index contributed by atoms with van der Waals surface area (Å²) >= 11 is 0. The molecule has 0 bridgehead atoms. The van der Waals surface area contributed by atoms with E-state index in [1.165, 1.54) is 11.7 Å². The van der Waals surface area contributed by atoms with Gasteiger partial charge in [0, 0.05) is 5.56 Å². The number of ketones is 1. The number of benzene rings is 2. The van der Waals surface area contributed by atoms with Crippen LogP contribution in [0.25, 0.3) is 27.8 Å². The lowest BCUT2D eigenvalue weighted by Crippen LogP contribution is -1.99. The molecule has 4 aromatic rings. The fourth-order valence-electron chi connectivity index (χ4n) is 2.17. The fraction of sp³-hybridized carbons (Fsp3) is 0.0714. The van der Waals surface area contributed by atoms with E-state index in [0.717, 1.165) is 5.69 Å². The van der Waals surface area contributed by atoms with Gasteiger partial charge in [0.15, 0.2) is 11.3 Å². The van der Waals surface area contributed by atoms with E-state index in [9.17, 15) is 4.79 Å². The number of aromatic nitrogens is 5. The second kappa shape index (κ2) is 4.20. The van der Waals surface area contributed by atoms with Gasteiger partial charge in [-0.25, -0.2) is 4.63 Å². The lowest BCUT2D eigenvalue weighted by Gasteiger charge is -2.00. The largest absolute Gasteiger partial charge is 0.295 e. The predicted molar refractivity (Wildman–Crippen MR) is 74.2 cm³/mol. The fourth-order valence-corrected chi connectivity index (χ4v) is 2.17. The lowest BCUT2D eigenvalue weighted by molar-refractivity contribution is 0.101. The predicted octanol–water partition coefficient (Wildman–Crippen LogP) is 2.16. The Morgan fingerprint density at radius 2 is 1.71 bits per heavy atom. The molecule has 0 saturated carbocycles. The Labute approximate surface area is 118 Å². The van der Waals surface area contributed by atoms with Crippen molar-refractivity contribution in [3.8, 4) is 5.69 Å². The Balaban J connectivity index is 1.88. The molecular weight excluding hydrogens is 270 g/mol. The molecule has 4 rings (SSSR count). The van der Waals surface area contributed by atoms with Crippen LogP contribution in [-0.4, -0.2) is 31.1 Å². The average Bonchev–Trinajstić information content (AvgIpc) is 3.12. The van der Waals surface area contributed by atoms with E-state index in [4.69, 9.17) is 4.63 Å². The van der Waals surface area contributed by atoms with E-state index in [2.05, 4.69) is 20.5 Å². The molecule has 0 amide bonds. The SMILES string of the molecule is CC(=O)c1ccc(-n2nc3ccc4nonc4c3n2)cc1. The molecule has 7 nitrogen and oxygen atoms in total. The molecule has 0 fully saturated rings. The van der Waals surface area contributed by atoms with Crippen LogP contribution in [0.2, 0.25) is 0 Å². The summed E-state index contributed by atoms with van der Waals surface area (Å²) in [5.41, 5.74) is 3.97. The van der Waals surface area contributed by atoms with Crippen LogP contribution in [0.5, 0.6) is 0 Å². The average molecular weight is 279 g/mol. The molecule has 2 aromatic heterocycles. The quantitative estimate of drug-likeness (QED) is 0.522. The Morgan fingerprint density at radius 1 is 0.952 bits per heavy atom. The van der Waals surface area contributed by atoms with Gasteiger partial charge in [-0.05, 0) is 53.6 Å². The van der Waals surface area contributed by atoms with Crippen LogP contribution < -0.4 is 0 Å². The summed E-state index contributed by atoms with van der Waals surface area (Å²) in [5.74, 6) is 0.0236. The number of nitrogens with zero attached hydrogens (tertiary/aromatic N) is 5. The van der Waals surface area contributed by atoms with Gasteiger partial charge in [-0.3, -0.25) is 4.79 Å². The van der Waals surface area contributed by atoms with Crippen molar-refractivity contribution in [3.05, 3.63) is 42.0 Å². The summed E-state index contributed by atoms with van der Waals surface area (Å²) in [6, 6.07) is 10.7. The smallest absolute Gasteiger partial charge is 0.164 e. The molecule has 0 radical (unpaired) electrons. The van der Waals surface area contributed by atoms with Gasteiger partial charge < -0.3 is 0 Å². The number of fused-ring (bicyclic) bond motifs is 3. The van der Waals surface area contributed by atoms with Crippen molar-refractivity contribution in [2.45, 2.75) is 6.92 Å². The van der Waals surface area contributed by atoms with Crippen molar-refractivity contribution in [3.63, 3.8) is 0 Å². The van der Waals surface area contributed by atoms with Crippen molar-refractivity contribution in [1.29, 1.82) is 0 Å². The normalized spacial score (nSPS) is 11.3. The zero-order chi connectivity index (χ0) is 14.4. The minimum Gasteiger partial charge on any atom is -0.295 e. The van der Waals surface area contributed by atoms with E-state index in [1.807, 2.05) is 6.07 Å². The summed E-state index contributed by atoms with van der Waals surface area (Å²) in [6.45, 7) is 1.53. The maximum atomic E-state index is 11.3. The molecule has 0 spiro atoms. The molecular formula is C14H9N5O2. The van der Waals surface area contributed by atoms with E-state index >= 15 is 0 Å². The summed E-state index contributed by atoms with van der Waals surface area (Å²) < 4.78 is 4.72. The lowest BCUT2D eigenvalue weighted by atomic mass is 10.1. The second-order valence-corrected chi connectivity index (χ2v) is 4.66. The Kier molecular flexibility index (Phi) is 2.34. The van der Waals surface area contributed by atoms with Crippen LogP contribution in [-0.2, 0) is 0 Å². The van der Waals surface area contributed by atoms with Crippen LogP contribution in [0.3, 0.4) is 0 Å². The number of Topliss-reactive ketones (excluding diaryl/α,β-unsaturated/α-hetero) is 1. The van der Waals surface area contributed by atoms with Crippen molar-refractivity contribution in [2.75, 3.05) is 0 Å². The van der Waals surface area contributed by atoms with Crippen LogP contribution in [0.15, 0.2) is 41.0 Å². The first-order valence-corrected chi connectivity index (χ1v) is 6.32. The molecule has 0 unspecified atom stereocenters. The maximum absolute atomic E-state index is 11.3. The molecule has 0 aliphatic carbocycles. The van der Waals surface area contributed by atoms with Gasteiger partial charge in [0.25, 0.3) is 0 Å². The maximum Gasteiger partial charge on any atom is 0.164 e. The van der Waals surface area contributed by atoms with E-state index in [-0.39, 0.29) is 5.78 Å². The molecule has 0 N–H and O–H groups in total.